The van der Waals surface area contributed by atoms with E-state index in [4.69, 9.17) is 0 Å². The van der Waals surface area contributed by atoms with Crippen LogP contribution in [0.4, 0.5) is 11.6 Å². The summed E-state index contributed by atoms with van der Waals surface area (Å²) in [6.45, 7) is 0. The first-order chi connectivity index (χ1) is 13.8. The summed E-state index contributed by atoms with van der Waals surface area (Å²) in [4.78, 5) is 4.48. The van der Waals surface area contributed by atoms with E-state index in [1.54, 1.807) is 6.07 Å². The summed E-state index contributed by atoms with van der Waals surface area (Å²) < 4.78 is 14.7. The second kappa shape index (κ2) is 6.27. The predicted octanol–water partition coefficient (Wildman–Crippen LogP) is 3.22. The molecule has 1 atom stereocenters. The van der Waals surface area contributed by atoms with Gasteiger partial charge in [0, 0.05) is 11.9 Å². The normalized spacial score (nSPS) is 18.9. The maximum Gasteiger partial charge on any atom is 0.247 e. The summed E-state index contributed by atoms with van der Waals surface area (Å²) in [5.74, 6) is 0.486. The number of anilines is 2. The number of nitrogens with zero attached hydrogens (tertiary/aromatic N) is 4. The molecule has 3 aromatic rings. The highest BCUT2D eigenvalue weighted by Crippen LogP contribution is 2.39. The second-order valence-corrected chi connectivity index (χ2v) is 9.30. The number of aromatic amines is 1. The van der Waals surface area contributed by atoms with E-state index in [1.165, 1.54) is 40.8 Å². The first-order valence-electron chi connectivity index (χ1n) is 10.1. The number of nitrogens with one attached hydrogen (secondary N) is 2. The molecule has 0 bridgehead atoms. The van der Waals surface area contributed by atoms with Crippen LogP contribution in [0.1, 0.15) is 54.0 Å². The standard InChI is InChI=1S/C20H22N6OS/c27-28(17-9-10-26(25-17)14-7-8-14)20-22-19(23-24-20)21-18-15-5-1-3-12(15)11-13-4-2-6-16(13)18/h9-11,14H,1-8H2,(H2,21,22,23,24). The molecule has 2 N–H and O–H groups in total. The Balaban J connectivity index is 1.29. The van der Waals surface area contributed by atoms with Gasteiger partial charge in [0.25, 0.3) is 0 Å². The number of hydrogen-bond acceptors (Lipinski definition) is 5. The Morgan fingerprint density at radius 2 is 1.86 bits per heavy atom. The van der Waals surface area contributed by atoms with Gasteiger partial charge < -0.3 is 5.32 Å². The molecule has 1 saturated carbocycles. The minimum Gasteiger partial charge on any atom is -0.322 e. The fraction of sp³-hybridized carbons (Fsp3) is 0.450. The lowest BCUT2D eigenvalue weighted by atomic mass is 9.99. The van der Waals surface area contributed by atoms with Gasteiger partial charge in [0.1, 0.15) is 10.8 Å². The predicted molar refractivity (Wildman–Crippen MR) is 105 cm³/mol. The lowest BCUT2D eigenvalue weighted by Gasteiger charge is -2.15. The number of aryl methyl sites for hydroxylation is 2. The Kier molecular flexibility index (Phi) is 3.69. The highest BCUT2D eigenvalue weighted by Gasteiger charge is 2.27. The van der Waals surface area contributed by atoms with Crippen LogP contribution in [-0.2, 0) is 36.5 Å². The largest absolute Gasteiger partial charge is 0.322 e. The Hall–Kier alpha value is -2.48. The number of aromatic nitrogens is 5. The summed E-state index contributed by atoms with van der Waals surface area (Å²) in [6, 6.07) is 4.69. The molecule has 6 rings (SSSR count). The highest BCUT2D eigenvalue weighted by molar-refractivity contribution is 7.84. The van der Waals surface area contributed by atoms with Crippen LogP contribution in [-0.4, -0.2) is 29.2 Å². The van der Waals surface area contributed by atoms with E-state index in [-0.39, 0.29) is 0 Å². The zero-order chi connectivity index (χ0) is 18.7. The van der Waals surface area contributed by atoms with Gasteiger partial charge in [0.2, 0.25) is 11.1 Å². The molecule has 3 aliphatic carbocycles. The van der Waals surface area contributed by atoms with Crippen molar-refractivity contribution in [2.45, 2.75) is 67.6 Å². The molecule has 1 fully saturated rings. The molecule has 0 radical (unpaired) electrons. The van der Waals surface area contributed by atoms with Crippen molar-refractivity contribution >= 4 is 22.4 Å². The lowest BCUT2D eigenvalue weighted by molar-refractivity contribution is 0.616. The fourth-order valence-electron chi connectivity index (χ4n) is 4.53. The molecule has 1 aromatic carbocycles. The van der Waals surface area contributed by atoms with Crippen LogP contribution in [0, 0.1) is 0 Å². The van der Waals surface area contributed by atoms with Gasteiger partial charge in [-0.1, -0.05) is 6.07 Å². The number of H-pyrrole nitrogens is 1. The van der Waals surface area contributed by atoms with Gasteiger partial charge in [-0.25, -0.2) is 9.31 Å². The van der Waals surface area contributed by atoms with Crippen LogP contribution >= 0.6 is 0 Å². The summed E-state index contributed by atoms with van der Waals surface area (Å²) >= 11 is 0. The number of hydrogen-bond donors (Lipinski definition) is 2. The van der Waals surface area contributed by atoms with Gasteiger partial charge in [0.15, 0.2) is 5.03 Å². The van der Waals surface area contributed by atoms with Crippen molar-refractivity contribution in [3.8, 4) is 0 Å². The third kappa shape index (κ3) is 2.70. The van der Waals surface area contributed by atoms with Crippen molar-refractivity contribution in [3.05, 3.63) is 40.6 Å². The van der Waals surface area contributed by atoms with Crippen molar-refractivity contribution in [1.82, 2.24) is 25.0 Å². The van der Waals surface area contributed by atoms with Crippen LogP contribution in [0.25, 0.3) is 0 Å². The summed E-state index contributed by atoms with van der Waals surface area (Å²) in [5, 5.41) is 15.9. The van der Waals surface area contributed by atoms with E-state index < -0.39 is 10.8 Å². The number of rotatable bonds is 5. The molecule has 2 heterocycles. The topological polar surface area (TPSA) is 88.5 Å². The van der Waals surface area contributed by atoms with Crippen molar-refractivity contribution in [2.24, 2.45) is 0 Å². The molecular weight excluding hydrogens is 372 g/mol. The molecule has 0 aliphatic heterocycles. The molecule has 144 valence electrons. The van der Waals surface area contributed by atoms with Gasteiger partial charge in [0.05, 0.1) is 6.04 Å². The molecule has 0 saturated heterocycles. The molecule has 2 aromatic heterocycles. The molecule has 7 nitrogen and oxygen atoms in total. The van der Waals surface area contributed by atoms with Crippen LogP contribution in [0.3, 0.4) is 0 Å². The van der Waals surface area contributed by atoms with Crippen LogP contribution < -0.4 is 5.32 Å². The third-order valence-corrected chi connectivity index (χ3v) is 7.18. The average Bonchev–Trinajstić information content (AvgIpc) is 3.17. The Morgan fingerprint density at radius 3 is 2.57 bits per heavy atom. The maximum absolute atomic E-state index is 12.8. The zero-order valence-corrected chi connectivity index (χ0v) is 16.4. The molecule has 3 aliphatic rings. The lowest BCUT2D eigenvalue weighted by Crippen LogP contribution is -2.03. The van der Waals surface area contributed by atoms with Crippen molar-refractivity contribution in [1.29, 1.82) is 0 Å². The quantitative estimate of drug-likeness (QED) is 0.694. The Bertz CT molecular complexity index is 1060. The van der Waals surface area contributed by atoms with E-state index in [0.29, 0.717) is 22.2 Å². The van der Waals surface area contributed by atoms with Crippen LogP contribution in [0.2, 0.25) is 0 Å². The summed E-state index contributed by atoms with van der Waals surface area (Å²) in [6.07, 6.45) is 11.1. The third-order valence-electron chi connectivity index (χ3n) is 6.05. The first kappa shape index (κ1) is 16.5. The molecule has 8 heteroatoms. The van der Waals surface area contributed by atoms with Gasteiger partial charge in [-0.05, 0) is 79.7 Å². The van der Waals surface area contributed by atoms with E-state index in [0.717, 1.165) is 38.5 Å². The van der Waals surface area contributed by atoms with E-state index in [9.17, 15) is 4.21 Å². The van der Waals surface area contributed by atoms with Gasteiger partial charge in [-0.15, -0.1) is 5.10 Å². The monoisotopic (exact) mass is 394 g/mol. The zero-order valence-electron chi connectivity index (χ0n) is 15.6. The number of fused-ring (bicyclic) bond motifs is 2. The summed E-state index contributed by atoms with van der Waals surface area (Å²) in [5.41, 5.74) is 6.95. The van der Waals surface area contributed by atoms with E-state index in [1.807, 2.05) is 10.9 Å². The Morgan fingerprint density at radius 1 is 1.11 bits per heavy atom. The second-order valence-electron chi connectivity index (χ2n) is 7.96. The Labute approximate surface area is 165 Å². The summed E-state index contributed by atoms with van der Waals surface area (Å²) in [7, 11) is -1.45. The van der Waals surface area contributed by atoms with Crippen molar-refractivity contribution in [2.75, 3.05) is 5.32 Å². The van der Waals surface area contributed by atoms with E-state index in [2.05, 4.69) is 31.7 Å². The van der Waals surface area contributed by atoms with Gasteiger partial charge >= 0.3 is 0 Å². The smallest absolute Gasteiger partial charge is 0.247 e. The molecule has 1 unspecified atom stereocenters. The highest BCUT2D eigenvalue weighted by atomic mass is 32.2. The average molecular weight is 395 g/mol. The van der Waals surface area contributed by atoms with Crippen LogP contribution in [0.15, 0.2) is 28.5 Å². The minimum atomic E-state index is -1.45. The SMILES string of the molecule is O=S(c1ccn(C2CC2)n1)c1nc(Nc2c3c(cc4c2CCC4)CCC3)n[nH]1. The molecule has 28 heavy (non-hydrogen) atoms. The minimum absolute atomic E-state index is 0.341. The van der Waals surface area contributed by atoms with Crippen LogP contribution in [0.5, 0.6) is 0 Å². The molecule has 0 spiro atoms. The first-order valence-corrected chi connectivity index (χ1v) is 11.2. The van der Waals surface area contributed by atoms with E-state index >= 15 is 0 Å². The molecular formula is C20H22N6OS. The van der Waals surface area contributed by atoms with Gasteiger partial charge in [-0.3, -0.25) is 4.68 Å². The fourth-order valence-corrected chi connectivity index (χ4v) is 5.37. The van der Waals surface area contributed by atoms with Crippen molar-refractivity contribution < 1.29 is 4.21 Å². The number of benzene rings is 1. The maximum atomic E-state index is 12.8. The van der Waals surface area contributed by atoms with Gasteiger partial charge in [-0.2, -0.15) is 10.1 Å². The molecule has 0 amide bonds. The van der Waals surface area contributed by atoms with Crippen molar-refractivity contribution in [3.63, 3.8) is 0 Å².